The van der Waals surface area contributed by atoms with Gasteiger partial charge in [0.1, 0.15) is 0 Å². The van der Waals surface area contributed by atoms with Crippen LogP contribution in [0.4, 0.5) is 0 Å². The smallest absolute Gasteiger partial charge is 0.310 e. The molecule has 1 amide bonds. The average Bonchev–Trinajstić information content (AvgIpc) is 2.90. The molecule has 0 aliphatic carbocycles. The van der Waals surface area contributed by atoms with E-state index in [1.807, 2.05) is 0 Å². The van der Waals surface area contributed by atoms with Gasteiger partial charge in [0, 0.05) is 24.5 Å². The zero-order valence-corrected chi connectivity index (χ0v) is 12.2. The van der Waals surface area contributed by atoms with E-state index < -0.39 is 5.92 Å². The summed E-state index contributed by atoms with van der Waals surface area (Å²) in [6, 6.07) is 2.97. The van der Waals surface area contributed by atoms with E-state index in [4.69, 9.17) is 4.74 Å². The van der Waals surface area contributed by atoms with Crippen LogP contribution in [0.25, 0.3) is 5.65 Å². The summed E-state index contributed by atoms with van der Waals surface area (Å²) in [5, 5.41) is 6.89. The Morgan fingerprint density at radius 3 is 2.86 bits per heavy atom. The molecule has 2 aromatic rings. The van der Waals surface area contributed by atoms with E-state index in [9.17, 15) is 9.59 Å². The van der Waals surface area contributed by atoms with E-state index in [2.05, 4.69) is 15.4 Å². The molecule has 0 spiro atoms. The van der Waals surface area contributed by atoms with Gasteiger partial charge in [-0.25, -0.2) is 9.50 Å². The molecule has 7 nitrogen and oxygen atoms in total. The summed E-state index contributed by atoms with van der Waals surface area (Å²) >= 11 is 0. The summed E-state index contributed by atoms with van der Waals surface area (Å²) < 4.78 is 6.46. The summed E-state index contributed by atoms with van der Waals surface area (Å²) in [4.78, 5) is 27.9. The van der Waals surface area contributed by atoms with E-state index in [0.29, 0.717) is 12.3 Å². The first-order chi connectivity index (χ1) is 10.0. The Morgan fingerprint density at radius 1 is 1.43 bits per heavy atom. The van der Waals surface area contributed by atoms with Gasteiger partial charge in [0.05, 0.1) is 12.5 Å². The fraction of sp³-hybridized carbons (Fsp3) is 0.429. The largest absolute Gasteiger partial charge is 0.466 e. The number of esters is 1. The van der Waals surface area contributed by atoms with Crippen LogP contribution < -0.4 is 5.32 Å². The van der Waals surface area contributed by atoms with Gasteiger partial charge in [0.15, 0.2) is 11.3 Å². The highest BCUT2D eigenvalue weighted by Crippen LogP contribution is 2.08. The van der Waals surface area contributed by atoms with Crippen LogP contribution in [0, 0.1) is 5.92 Å². The van der Waals surface area contributed by atoms with Gasteiger partial charge >= 0.3 is 5.97 Å². The van der Waals surface area contributed by atoms with Crippen LogP contribution in [0.3, 0.4) is 0 Å². The minimum atomic E-state index is -0.427. The van der Waals surface area contributed by atoms with Crippen molar-refractivity contribution in [1.29, 1.82) is 0 Å². The molecule has 0 aliphatic rings. The third kappa shape index (κ3) is 3.36. The fourth-order valence-electron chi connectivity index (χ4n) is 1.82. The number of hydrogen-bond acceptors (Lipinski definition) is 5. The topological polar surface area (TPSA) is 85.6 Å². The van der Waals surface area contributed by atoms with Crippen molar-refractivity contribution < 1.29 is 14.3 Å². The van der Waals surface area contributed by atoms with Gasteiger partial charge in [-0.1, -0.05) is 0 Å². The summed E-state index contributed by atoms with van der Waals surface area (Å²) in [6.07, 6.45) is 3.34. The molecule has 0 bridgehead atoms. The Hall–Kier alpha value is -2.44. The third-order valence-electron chi connectivity index (χ3n) is 3.24. The van der Waals surface area contributed by atoms with Crippen LogP contribution >= 0.6 is 0 Å². The molecule has 2 atom stereocenters. The van der Waals surface area contributed by atoms with E-state index in [1.54, 1.807) is 45.3 Å². The Bertz CT molecular complexity index is 619. The van der Waals surface area contributed by atoms with E-state index in [1.165, 1.54) is 4.52 Å². The standard InChI is InChI=1S/C14H18N4O3/c1-4-21-14(20)9(2)10(3)16-13(19)11-8-12-15-6-5-7-18(12)17-11/h5-10H,4H2,1-3H3,(H,16,19)/t9-,10-/m1/s1. The number of carbonyl (C=O) groups is 2. The first kappa shape index (κ1) is 15.0. The molecule has 0 aliphatic heterocycles. The first-order valence-electron chi connectivity index (χ1n) is 6.80. The molecule has 2 aromatic heterocycles. The Balaban J connectivity index is 2.05. The number of hydrogen-bond donors (Lipinski definition) is 1. The first-order valence-corrected chi connectivity index (χ1v) is 6.80. The highest BCUT2D eigenvalue weighted by atomic mass is 16.5. The Kier molecular flexibility index (Phi) is 4.52. The number of amides is 1. The van der Waals surface area contributed by atoms with Gasteiger partial charge in [-0.15, -0.1) is 0 Å². The van der Waals surface area contributed by atoms with E-state index in [0.717, 1.165) is 0 Å². The number of rotatable bonds is 5. The lowest BCUT2D eigenvalue weighted by Crippen LogP contribution is -2.40. The number of ether oxygens (including phenoxy) is 1. The molecular weight excluding hydrogens is 272 g/mol. The number of carbonyl (C=O) groups excluding carboxylic acids is 2. The zero-order valence-electron chi connectivity index (χ0n) is 12.2. The van der Waals surface area contributed by atoms with E-state index in [-0.39, 0.29) is 23.6 Å². The minimum Gasteiger partial charge on any atom is -0.466 e. The SMILES string of the molecule is CCOC(=O)[C@H](C)[C@@H](C)NC(=O)c1cc2ncccn2n1. The van der Waals surface area contributed by atoms with Crippen molar-refractivity contribution in [3.8, 4) is 0 Å². The highest BCUT2D eigenvalue weighted by molar-refractivity contribution is 5.93. The highest BCUT2D eigenvalue weighted by Gasteiger charge is 2.24. The van der Waals surface area contributed by atoms with Crippen molar-refractivity contribution in [3.63, 3.8) is 0 Å². The molecule has 0 radical (unpaired) electrons. The maximum absolute atomic E-state index is 12.1. The summed E-state index contributed by atoms with van der Waals surface area (Å²) in [6.45, 7) is 5.54. The maximum atomic E-state index is 12.1. The zero-order chi connectivity index (χ0) is 15.4. The van der Waals surface area contributed by atoms with Gasteiger partial charge in [0.2, 0.25) is 0 Å². The van der Waals surface area contributed by atoms with Crippen molar-refractivity contribution in [2.75, 3.05) is 6.61 Å². The molecule has 2 rings (SSSR count). The number of fused-ring (bicyclic) bond motifs is 1. The summed E-state index contributed by atoms with van der Waals surface area (Å²) in [7, 11) is 0. The predicted octanol–water partition coefficient (Wildman–Crippen LogP) is 1.05. The molecule has 0 fully saturated rings. The van der Waals surface area contributed by atoms with Crippen molar-refractivity contribution in [2.24, 2.45) is 5.92 Å². The number of nitrogens with zero attached hydrogens (tertiary/aromatic N) is 3. The molecule has 0 unspecified atom stereocenters. The lowest BCUT2D eigenvalue weighted by Gasteiger charge is -2.19. The second kappa shape index (κ2) is 6.34. The van der Waals surface area contributed by atoms with Crippen LogP contribution in [0.15, 0.2) is 24.5 Å². The van der Waals surface area contributed by atoms with Gasteiger partial charge < -0.3 is 10.1 Å². The Morgan fingerprint density at radius 2 is 2.19 bits per heavy atom. The molecule has 2 heterocycles. The molecule has 7 heteroatoms. The van der Waals surface area contributed by atoms with Crippen LogP contribution in [0.5, 0.6) is 0 Å². The quantitative estimate of drug-likeness (QED) is 0.832. The van der Waals surface area contributed by atoms with Crippen LogP contribution in [0.2, 0.25) is 0 Å². The molecule has 1 N–H and O–H groups in total. The lowest BCUT2D eigenvalue weighted by atomic mass is 10.0. The normalized spacial score (nSPS) is 13.7. The number of nitrogens with one attached hydrogen (secondary N) is 1. The summed E-state index contributed by atoms with van der Waals surface area (Å²) in [5.74, 6) is -1.10. The second-order valence-electron chi connectivity index (χ2n) is 4.75. The predicted molar refractivity (Wildman–Crippen MR) is 75.7 cm³/mol. The maximum Gasteiger partial charge on any atom is 0.310 e. The van der Waals surface area contributed by atoms with Gasteiger partial charge in [-0.2, -0.15) is 5.10 Å². The molecule has 0 saturated carbocycles. The van der Waals surface area contributed by atoms with Crippen LogP contribution in [0.1, 0.15) is 31.3 Å². The van der Waals surface area contributed by atoms with Gasteiger partial charge in [0.25, 0.3) is 5.91 Å². The van der Waals surface area contributed by atoms with Crippen molar-refractivity contribution >= 4 is 17.5 Å². The van der Waals surface area contributed by atoms with Gasteiger partial charge in [-0.3, -0.25) is 9.59 Å². The third-order valence-corrected chi connectivity index (χ3v) is 3.24. The minimum absolute atomic E-state index is 0.261. The number of aromatic nitrogens is 3. The fourth-order valence-corrected chi connectivity index (χ4v) is 1.82. The van der Waals surface area contributed by atoms with Crippen molar-refractivity contribution in [3.05, 3.63) is 30.2 Å². The van der Waals surface area contributed by atoms with Crippen molar-refractivity contribution in [2.45, 2.75) is 26.8 Å². The average molecular weight is 290 g/mol. The van der Waals surface area contributed by atoms with Crippen LogP contribution in [-0.4, -0.2) is 39.1 Å². The molecule has 21 heavy (non-hydrogen) atoms. The lowest BCUT2D eigenvalue weighted by molar-refractivity contribution is -0.148. The molecular formula is C14H18N4O3. The van der Waals surface area contributed by atoms with Gasteiger partial charge in [-0.05, 0) is 26.8 Å². The Labute approximate surface area is 122 Å². The monoisotopic (exact) mass is 290 g/mol. The van der Waals surface area contributed by atoms with E-state index >= 15 is 0 Å². The van der Waals surface area contributed by atoms with Crippen molar-refractivity contribution in [1.82, 2.24) is 19.9 Å². The molecule has 112 valence electrons. The molecule has 0 saturated heterocycles. The second-order valence-corrected chi connectivity index (χ2v) is 4.75. The molecule has 0 aromatic carbocycles. The summed E-state index contributed by atoms with van der Waals surface area (Å²) in [5.41, 5.74) is 0.852. The van der Waals surface area contributed by atoms with Crippen LogP contribution in [-0.2, 0) is 9.53 Å².